The van der Waals surface area contributed by atoms with Crippen molar-refractivity contribution in [3.05, 3.63) is 30.0 Å². The molecule has 0 spiro atoms. The highest BCUT2D eigenvalue weighted by atomic mass is 16.3. The van der Waals surface area contributed by atoms with E-state index >= 15 is 0 Å². The molecule has 2 rings (SSSR count). The standard InChI is InChI=1S/C13H18N2O/c1-3-14-8-10-9-15(4-2)11-6-5-7-12(16)13(10)11/h5-7,9,14,16H,3-4,8H2,1-2H3. The SMILES string of the molecule is CCNCc1cn(CC)c2cccc(O)c12. The number of nitrogens with zero attached hydrogens (tertiary/aromatic N) is 1. The number of aromatic nitrogens is 1. The minimum Gasteiger partial charge on any atom is -0.507 e. The van der Waals surface area contributed by atoms with Crippen molar-refractivity contribution in [1.82, 2.24) is 9.88 Å². The first-order valence-electron chi connectivity index (χ1n) is 5.78. The molecule has 0 atom stereocenters. The Kier molecular flexibility index (Phi) is 3.15. The Balaban J connectivity index is 2.55. The second-order valence-electron chi connectivity index (χ2n) is 3.89. The monoisotopic (exact) mass is 218 g/mol. The van der Waals surface area contributed by atoms with Gasteiger partial charge in [-0.2, -0.15) is 0 Å². The van der Waals surface area contributed by atoms with Crippen LogP contribution in [0.15, 0.2) is 24.4 Å². The number of benzene rings is 1. The van der Waals surface area contributed by atoms with E-state index in [1.54, 1.807) is 6.07 Å². The Hall–Kier alpha value is -1.48. The van der Waals surface area contributed by atoms with E-state index in [4.69, 9.17) is 0 Å². The Bertz CT molecular complexity index is 488. The van der Waals surface area contributed by atoms with Gasteiger partial charge < -0.3 is 15.0 Å². The molecule has 0 aliphatic carbocycles. The summed E-state index contributed by atoms with van der Waals surface area (Å²) < 4.78 is 2.17. The molecule has 0 saturated heterocycles. The van der Waals surface area contributed by atoms with Gasteiger partial charge in [-0.15, -0.1) is 0 Å². The van der Waals surface area contributed by atoms with Crippen LogP contribution in [-0.2, 0) is 13.1 Å². The summed E-state index contributed by atoms with van der Waals surface area (Å²) in [7, 11) is 0. The second kappa shape index (κ2) is 4.58. The highest BCUT2D eigenvalue weighted by Gasteiger charge is 2.10. The van der Waals surface area contributed by atoms with Gasteiger partial charge in [-0.25, -0.2) is 0 Å². The van der Waals surface area contributed by atoms with E-state index in [1.165, 1.54) is 0 Å². The summed E-state index contributed by atoms with van der Waals surface area (Å²) in [6.45, 7) is 6.86. The van der Waals surface area contributed by atoms with Crippen molar-refractivity contribution in [3.63, 3.8) is 0 Å². The fraction of sp³-hybridized carbons (Fsp3) is 0.385. The molecule has 1 heterocycles. The molecule has 2 aromatic rings. The molecule has 16 heavy (non-hydrogen) atoms. The summed E-state index contributed by atoms with van der Waals surface area (Å²) in [6.07, 6.45) is 2.12. The van der Waals surface area contributed by atoms with E-state index in [9.17, 15) is 5.11 Å². The van der Waals surface area contributed by atoms with Gasteiger partial charge in [-0.05, 0) is 31.2 Å². The molecule has 1 aromatic heterocycles. The summed E-state index contributed by atoms with van der Waals surface area (Å²) in [5.74, 6) is 0.373. The van der Waals surface area contributed by atoms with E-state index in [-0.39, 0.29) is 0 Å². The number of aryl methyl sites for hydroxylation is 1. The topological polar surface area (TPSA) is 37.2 Å². The molecule has 0 saturated carbocycles. The Labute approximate surface area is 95.7 Å². The van der Waals surface area contributed by atoms with Crippen molar-refractivity contribution < 1.29 is 5.11 Å². The Morgan fingerprint density at radius 1 is 1.31 bits per heavy atom. The van der Waals surface area contributed by atoms with Crippen LogP contribution in [0.4, 0.5) is 0 Å². The van der Waals surface area contributed by atoms with E-state index in [0.717, 1.165) is 36.1 Å². The first-order chi connectivity index (χ1) is 7.77. The molecule has 3 heteroatoms. The summed E-state index contributed by atoms with van der Waals surface area (Å²) in [5, 5.41) is 14.2. The van der Waals surface area contributed by atoms with E-state index in [0.29, 0.717) is 5.75 Å². The predicted molar refractivity (Wildman–Crippen MR) is 66.7 cm³/mol. The lowest BCUT2D eigenvalue weighted by Crippen LogP contribution is -2.11. The smallest absolute Gasteiger partial charge is 0.125 e. The zero-order valence-corrected chi connectivity index (χ0v) is 9.83. The lowest BCUT2D eigenvalue weighted by Gasteiger charge is -2.01. The summed E-state index contributed by atoms with van der Waals surface area (Å²) >= 11 is 0. The van der Waals surface area contributed by atoms with Gasteiger partial charge in [-0.1, -0.05) is 13.0 Å². The van der Waals surface area contributed by atoms with E-state index in [2.05, 4.69) is 29.9 Å². The van der Waals surface area contributed by atoms with Crippen molar-refractivity contribution >= 4 is 10.9 Å². The average molecular weight is 218 g/mol. The maximum Gasteiger partial charge on any atom is 0.125 e. The van der Waals surface area contributed by atoms with Gasteiger partial charge in [0.1, 0.15) is 5.75 Å². The highest BCUT2D eigenvalue weighted by Crippen LogP contribution is 2.29. The molecular weight excluding hydrogens is 200 g/mol. The molecule has 0 amide bonds. The first kappa shape index (κ1) is 11.0. The lowest BCUT2D eigenvalue weighted by molar-refractivity contribution is 0.481. The van der Waals surface area contributed by atoms with Crippen molar-refractivity contribution in [3.8, 4) is 5.75 Å². The van der Waals surface area contributed by atoms with Crippen LogP contribution in [0.1, 0.15) is 19.4 Å². The van der Waals surface area contributed by atoms with Gasteiger partial charge in [0.15, 0.2) is 0 Å². The molecule has 0 radical (unpaired) electrons. The van der Waals surface area contributed by atoms with Crippen molar-refractivity contribution in [1.29, 1.82) is 0 Å². The van der Waals surface area contributed by atoms with Gasteiger partial charge >= 0.3 is 0 Å². The largest absolute Gasteiger partial charge is 0.507 e. The summed E-state index contributed by atoms with van der Waals surface area (Å²) in [5.41, 5.74) is 2.27. The number of phenolic OH excluding ortho intramolecular Hbond substituents is 1. The van der Waals surface area contributed by atoms with Crippen LogP contribution in [-0.4, -0.2) is 16.2 Å². The molecular formula is C13H18N2O. The lowest BCUT2D eigenvalue weighted by atomic mass is 10.1. The average Bonchev–Trinajstić information content (AvgIpc) is 2.66. The fourth-order valence-corrected chi connectivity index (χ4v) is 2.07. The third-order valence-corrected chi connectivity index (χ3v) is 2.87. The van der Waals surface area contributed by atoms with Gasteiger partial charge in [0, 0.05) is 24.7 Å². The molecule has 2 N–H and O–H groups in total. The van der Waals surface area contributed by atoms with E-state index in [1.807, 2.05) is 12.1 Å². The molecule has 0 aliphatic rings. The molecule has 0 aliphatic heterocycles. The van der Waals surface area contributed by atoms with Crippen LogP contribution in [0.3, 0.4) is 0 Å². The normalized spacial score (nSPS) is 11.1. The van der Waals surface area contributed by atoms with Crippen LogP contribution in [0.25, 0.3) is 10.9 Å². The predicted octanol–water partition coefficient (Wildman–Crippen LogP) is 2.48. The minimum atomic E-state index is 0.373. The third-order valence-electron chi connectivity index (χ3n) is 2.87. The number of nitrogens with one attached hydrogen (secondary N) is 1. The van der Waals surface area contributed by atoms with Crippen LogP contribution in [0.5, 0.6) is 5.75 Å². The number of aromatic hydroxyl groups is 1. The molecule has 3 nitrogen and oxygen atoms in total. The summed E-state index contributed by atoms with van der Waals surface area (Å²) in [6, 6.07) is 5.69. The molecule has 1 aromatic carbocycles. The number of fused-ring (bicyclic) bond motifs is 1. The van der Waals surface area contributed by atoms with Crippen molar-refractivity contribution in [2.45, 2.75) is 26.9 Å². The number of phenols is 1. The van der Waals surface area contributed by atoms with Gasteiger partial charge in [0.2, 0.25) is 0 Å². The Morgan fingerprint density at radius 3 is 2.81 bits per heavy atom. The number of hydrogen-bond acceptors (Lipinski definition) is 2. The number of rotatable bonds is 4. The maximum absolute atomic E-state index is 9.92. The third kappa shape index (κ3) is 1.78. The van der Waals surface area contributed by atoms with Crippen molar-refractivity contribution in [2.24, 2.45) is 0 Å². The van der Waals surface area contributed by atoms with Crippen LogP contribution in [0.2, 0.25) is 0 Å². The first-order valence-corrected chi connectivity index (χ1v) is 5.78. The van der Waals surface area contributed by atoms with Gasteiger partial charge in [0.25, 0.3) is 0 Å². The van der Waals surface area contributed by atoms with Crippen LogP contribution >= 0.6 is 0 Å². The van der Waals surface area contributed by atoms with Crippen LogP contribution in [0, 0.1) is 0 Å². The van der Waals surface area contributed by atoms with Crippen molar-refractivity contribution in [2.75, 3.05) is 6.54 Å². The summed E-state index contributed by atoms with van der Waals surface area (Å²) in [4.78, 5) is 0. The molecule has 0 unspecified atom stereocenters. The molecule has 86 valence electrons. The quantitative estimate of drug-likeness (QED) is 0.827. The van der Waals surface area contributed by atoms with Gasteiger partial charge in [0.05, 0.1) is 5.52 Å². The second-order valence-corrected chi connectivity index (χ2v) is 3.89. The fourth-order valence-electron chi connectivity index (χ4n) is 2.07. The zero-order valence-electron chi connectivity index (χ0n) is 9.83. The highest BCUT2D eigenvalue weighted by molar-refractivity contribution is 5.89. The van der Waals surface area contributed by atoms with Crippen LogP contribution < -0.4 is 5.32 Å². The minimum absolute atomic E-state index is 0.373. The number of hydrogen-bond donors (Lipinski definition) is 2. The van der Waals surface area contributed by atoms with Gasteiger partial charge in [-0.3, -0.25) is 0 Å². The Morgan fingerprint density at radius 2 is 2.12 bits per heavy atom. The zero-order chi connectivity index (χ0) is 11.5. The van der Waals surface area contributed by atoms with E-state index < -0.39 is 0 Å². The maximum atomic E-state index is 9.92. The molecule has 0 fully saturated rings. The molecule has 0 bridgehead atoms.